The maximum absolute atomic E-state index is 5.23. The van der Waals surface area contributed by atoms with E-state index in [9.17, 15) is 0 Å². The van der Waals surface area contributed by atoms with E-state index in [2.05, 4.69) is 32.6 Å². The molecule has 1 aliphatic carbocycles. The van der Waals surface area contributed by atoms with Crippen LogP contribution in [0.15, 0.2) is 24.3 Å². The van der Waals surface area contributed by atoms with Crippen molar-refractivity contribution in [1.82, 2.24) is 25.1 Å². The van der Waals surface area contributed by atoms with Crippen LogP contribution >= 0.6 is 0 Å². The SMILES string of the molecule is COc1ccc(Cn2nnnc2CN2CCCC3(CCCCC3)C2)cc1. The number of benzene rings is 1. The second-order valence-corrected chi connectivity index (χ2v) is 7.98. The second-order valence-electron chi connectivity index (χ2n) is 7.98. The number of hydrogen-bond donors (Lipinski definition) is 0. The van der Waals surface area contributed by atoms with Crippen LogP contribution in [-0.4, -0.2) is 45.3 Å². The Morgan fingerprint density at radius 2 is 1.77 bits per heavy atom. The molecule has 1 aromatic heterocycles. The van der Waals surface area contributed by atoms with Crippen molar-refractivity contribution in [2.75, 3.05) is 20.2 Å². The summed E-state index contributed by atoms with van der Waals surface area (Å²) in [6, 6.07) is 8.11. The van der Waals surface area contributed by atoms with Crippen molar-refractivity contribution in [3.8, 4) is 5.75 Å². The molecule has 0 N–H and O–H groups in total. The van der Waals surface area contributed by atoms with Gasteiger partial charge in [-0.1, -0.05) is 31.4 Å². The van der Waals surface area contributed by atoms with Gasteiger partial charge in [0.05, 0.1) is 20.2 Å². The Kier molecular flexibility index (Phi) is 5.20. The third-order valence-electron chi connectivity index (χ3n) is 6.12. The lowest BCUT2D eigenvalue weighted by Gasteiger charge is -2.45. The van der Waals surface area contributed by atoms with Gasteiger partial charge in [0.2, 0.25) is 0 Å². The van der Waals surface area contributed by atoms with Crippen LogP contribution in [0.25, 0.3) is 0 Å². The van der Waals surface area contributed by atoms with Crippen molar-refractivity contribution in [2.45, 2.75) is 58.0 Å². The van der Waals surface area contributed by atoms with Crippen LogP contribution in [0.1, 0.15) is 56.3 Å². The van der Waals surface area contributed by atoms with Gasteiger partial charge in [-0.2, -0.15) is 0 Å². The molecular weight excluding hydrogens is 326 g/mol. The van der Waals surface area contributed by atoms with E-state index < -0.39 is 0 Å². The summed E-state index contributed by atoms with van der Waals surface area (Å²) in [6.45, 7) is 3.93. The first kappa shape index (κ1) is 17.5. The zero-order chi connectivity index (χ0) is 17.8. The molecule has 4 rings (SSSR count). The van der Waals surface area contributed by atoms with Gasteiger partial charge in [0.15, 0.2) is 5.82 Å². The van der Waals surface area contributed by atoms with Gasteiger partial charge in [-0.3, -0.25) is 4.90 Å². The summed E-state index contributed by atoms with van der Waals surface area (Å²) in [5.74, 6) is 1.84. The number of methoxy groups -OCH3 is 1. The minimum atomic E-state index is 0.560. The van der Waals surface area contributed by atoms with Crippen molar-refractivity contribution in [3.05, 3.63) is 35.7 Å². The first-order chi connectivity index (χ1) is 12.8. The molecule has 1 saturated carbocycles. The fraction of sp³-hybridized carbons (Fsp3) is 0.650. The van der Waals surface area contributed by atoms with E-state index in [0.29, 0.717) is 12.0 Å². The molecule has 2 heterocycles. The summed E-state index contributed by atoms with van der Waals surface area (Å²) in [5, 5.41) is 12.5. The predicted octanol–water partition coefficient (Wildman–Crippen LogP) is 3.28. The molecule has 0 atom stereocenters. The van der Waals surface area contributed by atoms with Gasteiger partial charge >= 0.3 is 0 Å². The highest BCUT2D eigenvalue weighted by molar-refractivity contribution is 5.27. The minimum absolute atomic E-state index is 0.560. The molecule has 1 saturated heterocycles. The van der Waals surface area contributed by atoms with E-state index in [4.69, 9.17) is 4.74 Å². The fourth-order valence-corrected chi connectivity index (χ4v) is 4.72. The van der Waals surface area contributed by atoms with Crippen LogP contribution in [0.3, 0.4) is 0 Å². The van der Waals surface area contributed by atoms with Gasteiger partial charge in [0.1, 0.15) is 5.75 Å². The van der Waals surface area contributed by atoms with Gasteiger partial charge in [0, 0.05) is 6.54 Å². The zero-order valence-corrected chi connectivity index (χ0v) is 15.7. The van der Waals surface area contributed by atoms with E-state index in [1.807, 2.05) is 16.8 Å². The Morgan fingerprint density at radius 1 is 1.00 bits per heavy atom. The van der Waals surface area contributed by atoms with Crippen molar-refractivity contribution in [2.24, 2.45) is 5.41 Å². The lowest BCUT2D eigenvalue weighted by molar-refractivity contribution is 0.0472. The third kappa shape index (κ3) is 3.90. The standard InChI is InChI=1S/C20H29N5O/c1-26-18-8-6-17(7-9-18)14-25-19(21-22-23-25)15-24-13-5-12-20(16-24)10-3-2-4-11-20/h6-9H,2-5,10-16H2,1H3. The highest BCUT2D eigenvalue weighted by atomic mass is 16.5. The molecule has 1 aliphatic heterocycles. The fourth-order valence-electron chi connectivity index (χ4n) is 4.72. The number of nitrogens with zero attached hydrogens (tertiary/aromatic N) is 5. The number of likely N-dealkylation sites (tertiary alicyclic amines) is 1. The van der Waals surface area contributed by atoms with Gasteiger partial charge in [-0.05, 0) is 65.8 Å². The molecule has 26 heavy (non-hydrogen) atoms. The molecule has 2 fully saturated rings. The van der Waals surface area contributed by atoms with E-state index in [1.165, 1.54) is 57.1 Å². The molecule has 0 bridgehead atoms. The molecule has 0 radical (unpaired) electrons. The van der Waals surface area contributed by atoms with E-state index in [1.54, 1.807) is 7.11 Å². The highest BCUT2D eigenvalue weighted by Crippen LogP contribution is 2.43. The monoisotopic (exact) mass is 355 g/mol. The van der Waals surface area contributed by atoms with Crippen LogP contribution < -0.4 is 4.74 Å². The first-order valence-electron chi connectivity index (χ1n) is 9.87. The maximum Gasteiger partial charge on any atom is 0.165 e. The van der Waals surface area contributed by atoms with Crippen molar-refractivity contribution < 1.29 is 4.74 Å². The van der Waals surface area contributed by atoms with Crippen LogP contribution in [-0.2, 0) is 13.1 Å². The quantitative estimate of drug-likeness (QED) is 0.824. The number of tetrazole rings is 1. The second kappa shape index (κ2) is 7.74. The minimum Gasteiger partial charge on any atom is -0.497 e. The third-order valence-corrected chi connectivity index (χ3v) is 6.12. The Hall–Kier alpha value is -1.95. The average Bonchev–Trinajstić information content (AvgIpc) is 3.10. The summed E-state index contributed by atoms with van der Waals surface area (Å²) in [4.78, 5) is 2.57. The van der Waals surface area contributed by atoms with Crippen molar-refractivity contribution >= 4 is 0 Å². The van der Waals surface area contributed by atoms with Crippen molar-refractivity contribution in [3.63, 3.8) is 0 Å². The summed E-state index contributed by atoms with van der Waals surface area (Å²) in [7, 11) is 1.69. The normalized spacial score (nSPS) is 20.3. The lowest BCUT2D eigenvalue weighted by atomic mass is 9.69. The Bertz CT molecular complexity index is 700. The number of aromatic nitrogens is 4. The van der Waals surface area contributed by atoms with Gasteiger partial charge in [-0.15, -0.1) is 5.10 Å². The largest absolute Gasteiger partial charge is 0.497 e. The van der Waals surface area contributed by atoms with Crippen LogP contribution in [0, 0.1) is 5.41 Å². The first-order valence-corrected chi connectivity index (χ1v) is 9.87. The van der Waals surface area contributed by atoms with Crippen LogP contribution in [0.5, 0.6) is 5.75 Å². The molecule has 6 nitrogen and oxygen atoms in total. The predicted molar refractivity (Wildman–Crippen MR) is 99.9 cm³/mol. The molecule has 0 unspecified atom stereocenters. The van der Waals surface area contributed by atoms with Gasteiger partial charge in [-0.25, -0.2) is 4.68 Å². The molecule has 140 valence electrons. The summed E-state index contributed by atoms with van der Waals surface area (Å²) in [5.41, 5.74) is 1.74. The van der Waals surface area contributed by atoms with Crippen molar-refractivity contribution in [1.29, 1.82) is 0 Å². The number of hydrogen-bond acceptors (Lipinski definition) is 5. The summed E-state index contributed by atoms with van der Waals surface area (Å²) < 4.78 is 7.16. The van der Waals surface area contributed by atoms with E-state index >= 15 is 0 Å². The highest BCUT2D eigenvalue weighted by Gasteiger charge is 2.36. The Labute approximate surface area is 155 Å². The summed E-state index contributed by atoms with van der Waals surface area (Å²) in [6.07, 6.45) is 9.74. The average molecular weight is 355 g/mol. The van der Waals surface area contributed by atoms with Crippen LogP contribution in [0.2, 0.25) is 0 Å². The van der Waals surface area contributed by atoms with E-state index in [0.717, 1.165) is 24.7 Å². The smallest absolute Gasteiger partial charge is 0.165 e. The molecular formula is C20H29N5O. The van der Waals surface area contributed by atoms with Crippen LogP contribution in [0.4, 0.5) is 0 Å². The maximum atomic E-state index is 5.23. The molecule has 2 aliphatic rings. The topological polar surface area (TPSA) is 56.1 Å². The number of piperidine rings is 1. The zero-order valence-electron chi connectivity index (χ0n) is 15.7. The molecule has 0 amide bonds. The number of ether oxygens (including phenoxy) is 1. The van der Waals surface area contributed by atoms with Gasteiger partial charge < -0.3 is 4.74 Å². The summed E-state index contributed by atoms with van der Waals surface area (Å²) >= 11 is 0. The molecule has 1 spiro atoms. The number of rotatable bonds is 5. The van der Waals surface area contributed by atoms with Gasteiger partial charge in [0.25, 0.3) is 0 Å². The van der Waals surface area contributed by atoms with E-state index in [-0.39, 0.29) is 0 Å². The molecule has 1 aromatic carbocycles. The Morgan fingerprint density at radius 3 is 2.54 bits per heavy atom. The Balaban J connectivity index is 1.41. The lowest BCUT2D eigenvalue weighted by Crippen LogP contribution is -2.44. The molecule has 2 aromatic rings. The molecule has 6 heteroatoms.